The van der Waals surface area contributed by atoms with Crippen LogP contribution in [0.2, 0.25) is 0 Å². The Morgan fingerprint density at radius 1 is 1.00 bits per heavy atom. The van der Waals surface area contributed by atoms with E-state index >= 15 is 0 Å². The lowest BCUT2D eigenvalue weighted by Gasteiger charge is -2.23. The molecule has 3 N–H and O–H groups in total. The van der Waals surface area contributed by atoms with E-state index in [1.165, 1.54) is 0 Å². The topological polar surface area (TPSA) is 162 Å². The van der Waals surface area contributed by atoms with Crippen LogP contribution in [0.3, 0.4) is 0 Å². The molecule has 2 aromatic rings. The van der Waals surface area contributed by atoms with Crippen LogP contribution in [0.15, 0.2) is 58.2 Å². The van der Waals surface area contributed by atoms with Gasteiger partial charge in [0.2, 0.25) is 0 Å². The summed E-state index contributed by atoms with van der Waals surface area (Å²) in [5, 5.41) is 0. The minimum Gasteiger partial charge on any atom is -0.335 e. The van der Waals surface area contributed by atoms with Crippen molar-refractivity contribution in [2.24, 2.45) is 9.98 Å². The molecule has 1 aromatic carbocycles. The van der Waals surface area contributed by atoms with Gasteiger partial charge in [0.25, 0.3) is 24.3 Å². The molecule has 0 fully saturated rings. The van der Waals surface area contributed by atoms with E-state index in [1.54, 1.807) is 18.2 Å². The van der Waals surface area contributed by atoms with Crippen LogP contribution in [0, 0.1) is 0 Å². The lowest BCUT2D eigenvalue weighted by atomic mass is 10.1. The minimum atomic E-state index is -5.24. The molecule has 0 radical (unpaired) electrons. The lowest BCUT2D eigenvalue weighted by Crippen LogP contribution is -2.44. The van der Waals surface area contributed by atoms with Crippen LogP contribution in [-0.2, 0) is 20.2 Å². The maximum Gasteiger partial charge on any atom is 0.295 e. The molecule has 0 amide bonds. The number of fused-ring (bicyclic) bond motifs is 2. The van der Waals surface area contributed by atoms with Gasteiger partial charge in [-0.05, 0) is 30.4 Å². The summed E-state index contributed by atoms with van der Waals surface area (Å²) in [6, 6.07) is 7.17. The van der Waals surface area contributed by atoms with Crippen molar-refractivity contribution in [2.75, 3.05) is 0 Å². The zero-order valence-electron chi connectivity index (χ0n) is 12.7. The molecular weight excluding hydrogens is 384 g/mol. The number of para-hydroxylation sites is 2. The number of benzene rings is 1. The van der Waals surface area contributed by atoms with Crippen molar-refractivity contribution < 1.29 is 25.9 Å². The van der Waals surface area contributed by atoms with Crippen molar-refractivity contribution in [3.63, 3.8) is 0 Å². The van der Waals surface area contributed by atoms with E-state index < -0.39 is 24.3 Å². The van der Waals surface area contributed by atoms with Crippen LogP contribution in [0.25, 0.3) is 11.0 Å². The number of aromatic nitrogens is 2. The van der Waals surface area contributed by atoms with E-state index in [4.69, 9.17) is 0 Å². The lowest BCUT2D eigenvalue weighted by molar-refractivity contribution is 0.450. The fourth-order valence-corrected chi connectivity index (χ4v) is 4.71. The Morgan fingerprint density at radius 3 is 2.35 bits per heavy atom. The molecule has 2 aliphatic rings. The fourth-order valence-electron chi connectivity index (χ4n) is 2.65. The van der Waals surface area contributed by atoms with Crippen molar-refractivity contribution in [1.82, 2.24) is 9.97 Å². The maximum absolute atomic E-state index is 11.6. The number of allylic oxidation sites excluding steroid dienone is 1. The molecule has 0 bridgehead atoms. The smallest absolute Gasteiger partial charge is 0.295 e. The highest BCUT2D eigenvalue weighted by atomic mass is 32.3. The second kappa shape index (κ2) is 5.17. The standard InChI is InChI=1S/C14H10N4O6S2/c19-25(20,21)14(26(22,23)24)6-5-10-11(7-14)18-13(17-10)12-15-8-3-1-2-4-9(8)16-12/h1-7H,(H,15,16)(H,19,20,21)(H,22,23,24). The monoisotopic (exact) mass is 394 g/mol. The number of aliphatic imine (C=N–C) groups is 2. The number of nitrogens with one attached hydrogen (secondary N) is 1. The molecule has 0 unspecified atom stereocenters. The molecule has 4 rings (SSSR count). The predicted octanol–water partition coefficient (Wildman–Crippen LogP) is 0.690. The van der Waals surface area contributed by atoms with Gasteiger partial charge in [-0.2, -0.15) is 16.8 Å². The number of nitrogens with zero attached hydrogens (tertiary/aromatic N) is 3. The first-order chi connectivity index (χ1) is 12.1. The fraction of sp³-hybridized carbons (Fsp3) is 0.0714. The van der Waals surface area contributed by atoms with Crippen LogP contribution in [0.1, 0.15) is 5.82 Å². The molecule has 134 valence electrons. The molecule has 12 heteroatoms. The van der Waals surface area contributed by atoms with Gasteiger partial charge in [-0.15, -0.1) is 0 Å². The minimum absolute atomic E-state index is 0.105. The second-order valence-corrected chi connectivity index (χ2v) is 9.08. The third-order valence-corrected chi connectivity index (χ3v) is 7.32. The Kier molecular flexibility index (Phi) is 3.34. The van der Waals surface area contributed by atoms with Crippen LogP contribution in [0.4, 0.5) is 0 Å². The Hall–Kier alpha value is -2.67. The Balaban J connectivity index is 1.87. The third-order valence-electron chi connectivity index (χ3n) is 3.93. The quantitative estimate of drug-likeness (QED) is 0.645. The first-order valence-electron chi connectivity index (χ1n) is 7.10. The number of rotatable bonds is 3. The van der Waals surface area contributed by atoms with Gasteiger partial charge in [0.15, 0.2) is 11.7 Å². The summed E-state index contributed by atoms with van der Waals surface area (Å²) in [6.07, 6.45) is 2.32. The van der Waals surface area contributed by atoms with E-state index in [0.29, 0.717) is 23.5 Å². The molecule has 1 aromatic heterocycles. The Bertz CT molecular complexity index is 1220. The Labute approximate surface area is 147 Å². The average molecular weight is 394 g/mol. The number of H-pyrrole nitrogens is 1. The molecule has 2 heterocycles. The van der Waals surface area contributed by atoms with Crippen LogP contribution in [-0.4, -0.2) is 51.5 Å². The average Bonchev–Trinajstić information content (AvgIpc) is 3.15. The first-order valence-corrected chi connectivity index (χ1v) is 9.98. The SMILES string of the molecule is O=S(=O)(O)C1(S(=O)(=O)O)C=CC2=NC(c3nc4ccccc4[nH]3)=NC2=C1. The van der Waals surface area contributed by atoms with Gasteiger partial charge in [-0.3, -0.25) is 9.11 Å². The molecule has 0 saturated heterocycles. The van der Waals surface area contributed by atoms with E-state index in [1.807, 2.05) is 6.07 Å². The zero-order valence-corrected chi connectivity index (χ0v) is 14.4. The van der Waals surface area contributed by atoms with Crippen molar-refractivity contribution >= 4 is 42.8 Å². The highest BCUT2D eigenvalue weighted by Gasteiger charge is 2.53. The van der Waals surface area contributed by atoms with Gasteiger partial charge in [-0.25, -0.2) is 15.0 Å². The van der Waals surface area contributed by atoms with Gasteiger partial charge in [-0.1, -0.05) is 12.1 Å². The third kappa shape index (κ3) is 2.34. The van der Waals surface area contributed by atoms with Crippen LogP contribution < -0.4 is 0 Å². The van der Waals surface area contributed by atoms with E-state index in [0.717, 1.165) is 11.6 Å². The summed E-state index contributed by atoms with van der Waals surface area (Å²) in [7, 11) is -10.5. The van der Waals surface area contributed by atoms with E-state index in [9.17, 15) is 25.9 Å². The number of hydrogen-bond donors (Lipinski definition) is 3. The summed E-state index contributed by atoms with van der Waals surface area (Å²) in [5.74, 6) is 0.403. The second-order valence-electron chi connectivity index (χ2n) is 5.57. The first kappa shape index (κ1) is 16.8. The molecule has 0 saturated carbocycles. The summed E-state index contributed by atoms with van der Waals surface area (Å²) >= 11 is 0. The largest absolute Gasteiger partial charge is 0.335 e. The van der Waals surface area contributed by atoms with Crippen molar-refractivity contribution in [3.05, 3.63) is 54.0 Å². The number of imidazole rings is 1. The molecule has 26 heavy (non-hydrogen) atoms. The molecule has 1 aliphatic carbocycles. The van der Waals surface area contributed by atoms with Gasteiger partial charge < -0.3 is 4.98 Å². The van der Waals surface area contributed by atoms with Crippen molar-refractivity contribution in [3.8, 4) is 0 Å². The van der Waals surface area contributed by atoms with E-state index in [2.05, 4.69) is 20.0 Å². The predicted molar refractivity (Wildman–Crippen MR) is 93.1 cm³/mol. The number of aromatic amines is 1. The number of amidine groups is 1. The van der Waals surface area contributed by atoms with Gasteiger partial charge in [0.05, 0.1) is 22.4 Å². The number of hydrogen-bond acceptors (Lipinski definition) is 7. The summed E-state index contributed by atoms with van der Waals surface area (Å²) in [5.41, 5.74) is 1.44. The molecule has 10 nitrogen and oxygen atoms in total. The highest BCUT2D eigenvalue weighted by Crippen LogP contribution is 2.34. The summed E-state index contributed by atoms with van der Waals surface area (Å²) in [6.45, 7) is 0. The van der Waals surface area contributed by atoms with Gasteiger partial charge in [0, 0.05) is 0 Å². The Morgan fingerprint density at radius 2 is 1.69 bits per heavy atom. The molecular formula is C14H10N4O6S2. The van der Waals surface area contributed by atoms with Gasteiger partial charge >= 0.3 is 0 Å². The molecule has 0 spiro atoms. The van der Waals surface area contributed by atoms with Crippen molar-refractivity contribution in [2.45, 2.75) is 4.08 Å². The maximum atomic E-state index is 11.6. The normalized spacial score (nSPS) is 19.1. The summed E-state index contributed by atoms with van der Waals surface area (Å²) < 4.78 is 62.2. The van der Waals surface area contributed by atoms with Crippen molar-refractivity contribution in [1.29, 1.82) is 0 Å². The van der Waals surface area contributed by atoms with Gasteiger partial charge in [0.1, 0.15) is 0 Å². The molecule has 1 aliphatic heterocycles. The summed E-state index contributed by atoms with van der Waals surface area (Å²) in [4.78, 5) is 15.5. The highest BCUT2D eigenvalue weighted by molar-refractivity contribution is 8.05. The van der Waals surface area contributed by atoms with Crippen LogP contribution >= 0.6 is 0 Å². The van der Waals surface area contributed by atoms with Crippen LogP contribution in [0.5, 0.6) is 0 Å². The zero-order chi connectivity index (χ0) is 18.7. The molecule has 0 atom stereocenters. The van der Waals surface area contributed by atoms with E-state index in [-0.39, 0.29) is 17.2 Å².